The van der Waals surface area contributed by atoms with Crippen molar-refractivity contribution in [2.75, 3.05) is 4.90 Å². The monoisotopic (exact) mass is 508 g/mol. The maximum absolute atomic E-state index is 13.9. The molecule has 35 heavy (non-hydrogen) atoms. The summed E-state index contributed by atoms with van der Waals surface area (Å²) < 4.78 is 0. The van der Waals surface area contributed by atoms with Gasteiger partial charge in [-0.05, 0) is 36.2 Å². The highest BCUT2D eigenvalue weighted by molar-refractivity contribution is 6.38. The molecule has 6 nitrogen and oxygen atoms in total. The second-order valence-electron chi connectivity index (χ2n) is 9.08. The molecule has 0 radical (unpaired) electrons. The van der Waals surface area contributed by atoms with Crippen LogP contribution in [-0.4, -0.2) is 28.4 Å². The number of hydrogen-bond acceptors (Lipinski definition) is 4. The lowest BCUT2D eigenvalue weighted by Crippen LogP contribution is -2.57. The Bertz CT molecular complexity index is 1330. The number of benzene rings is 3. The smallest absolute Gasteiger partial charge is 0.325 e. The van der Waals surface area contributed by atoms with Gasteiger partial charge in [0.05, 0.1) is 22.5 Å². The Hall–Kier alpha value is -3.19. The minimum atomic E-state index is -1.69. The summed E-state index contributed by atoms with van der Waals surface area (Å²) in [7, 11) is 0. The molecule has 0 bridgehead atoms. The average Bonchev–Trinajstić information content (AvgIpc) is 3.30. The molecule has 0 aromatic heterocycles. The van der Waals surface area contributed by atoms with E-state index in [1.165, 1.54) is 12.1 Å². The molecule has 8 heteroatoms. The minimum absolute atomic E-state index is 0.0356. The van der Waals surface area contributed by atoms with Crippen LogP contribution in [0.4, 0.5) is 5.69 Å². The normalized spacial score (nSPS) is 25.7. The molecule has 2 fully saturated rings. The molecule has 0 saturated carbocycles. The molecule has 2 N–H and O–H groups in total. The topological polar surface area (TPSA) is 86.7 Å². The molecule has 2 aliphatic rings. The number of aliphatic carboxylic acids is 1. The number of aryl methyl sites for hydroxylation is 1. The number of amides is 2. The molecule has 0 aliphatic carbocycles. The molecule has 0 spiro atoms. The molecule has 2 saturated heterocycles. The van der Waals surface area contributed by atoms with Crippen molar-refractivity contribution >= 4 is 46.7 Å². The second-order valence-corrected chi connectivity index (χ2v) is 9.93. The zero-order valence-corrected chi connectivity index (χ0v) is 20.3. The van der Waals surface area contributed by atoms with Crippen LogP contribution in [0, 0.1) is 18.8 Å². The summed E-state index contributed by atoms with van der Waals surface area (Å²) in [6.45, 7) is 1.94. The fourth-order valence-electron chi connectivity index (χ4n) is 5.32. The average molecular weight is 509 g/mol. The summed E-state index contributed by atoms with van der Waals surface area (Å²) in [6.07, 6.45) is 0.0356. The number of carboxylic acids is 1. The SMILES string of the molecule is Cc1ccc([C@@H]2N[C@](Cc3ccccc3)(C(=O)O)[C@@H]3C(=O)N(c4ccc(Cl)cc4Cl)C(=O)[C@H]32)cc1. The lowest BCUT2D eigenvalue weighted by Gasteiger charge is -2.31. The van der Waals surface area contributed by atoms with Gasteiger partial charge in [-0.25, -0.2) is 4.90 Å². The number of carbonyl (C=O) groups is 3. The summed E-state index contributed by atoms with van der Waals surface area (Å²) in [5, 5.41) is 14.3. The van der Waals surface area contributed by atoms with Gasteiger partial charge in [0.25, 0.3) is 0 Å². The van der Waals surface area contributed by atoms with Gasteiger partial charge in [-0.1, -0.05) is 83.4 Å². The van der Waals surface area contributed by atoms with E-state index in [0.717, 1.165) is 21.6 Å². The van der Waals surface area contributed by atoms with Crippen molar-refractivity contribution < 1.29 is 19.5 Å². The molecule has 2 aliphatic heterocycles. The quantitative estimate of drug-likeness (QED) is 0.482. The molecule has 3 aromatic rings. The fourth-order valence-corrected chi connectivity index (χ4v) is 5.81. The highest BCUT2D eigenvalue weighted by atomic mass is 35.5. The molecular weight excluding hydrogens is 487 g/mol. The number of hydrogen-bond donors (Lipinski definition) is 2. The van der Waals surface area contributed by atoms with E-state index < -0.39 is 41.2 Å². The van der Waals surface area contributed by atoms with Crippen LogP contribution in [0.15, 0.2) is 72.8 Å². The van der Waals surface area contributed by atoms with E-state index in [2.05, 4.69) is 5.32 Å². The van der Waals surface area contributed by atoms with Crippen LogP contribution in [0.2, 0.25) is 10.0 Å². The summed E-state index contributed by atoms with van der Waals surface area (Å²) in [4.78, 5) is 41.7. The van der Waals surface area contributed by atoms with E-state index in [4.69, 9.17) is 23.2 Å². The summed E-state index contributed by atoms with van der Waals surface area (Å²) in [5.74, 6) is -4.32. The van der Waals surface area contributed by atoms with Crippen LogP contribution in [0.3, 0.4) is 0 Å². The van der Waals surface area contributed by atoms with Crippen LogP contribution in [-0.2, 0) is 20.8 Å². The van der Waals surface area contributed by atoms with E-state index in [9.17, 15) is 19.5 Å². The Labute approximate surface area is 212 Å². The highest BCUT2D eigenvalue weighted by Crippen LogP contribution is 2.51. The van der Waals surface area contributed by atoms with E-state index in [0.29, 0.717) is 5.02 Å². The zero-order valence-electron chi connectivity index (χ0n) is 18.7. The predicted octanol–water partition coefficient (Wildman–Crippen LogP) is 4.82. The van der Waals surface area contributed by atoms with E-state index >= 15 is 0 Å². The Balaban J connectivity index is 1.67. The van der Waals surface area contributed by atoms with E-state index in [1.807, 2.05) is 61.5 Å². The van der Waals surface area contributed by atoms with Gasteiger partial charge in [-0.3, -0.25) is 19.7 Å². The standard InChI is InChI=1S/C27H22Cl2N2O4/c1-15-7-9-17(10-8-15)23-21-22(27(30-23,26(34)35)14-16-5-3-2-4-6-16)25(33)31(24(21)32)20-12-11-18(28)13-19(20)29/h2-13,21-23,30H,14H2,1H3,(H,34,35)/t21-,22+,23+,27+/m1/s1. The third kappa shape index (κ3) is 3.82. The van der Waals surface area contributed by atoms with Crippen LogP contribution in [0.25, 0.3) is 0 Å². The number of carboxylic acid groups (broad SMARTS) is 1. The maximum Gasteiger partial charge on any atom is 0.325 e. The molecule has 5 rings (SSSR count). The van der Waals surface area contributed by atoms with Crippen molar-refractivity contribution in [3.8, 4) is 0 Å². The number of anilines is 1. The number of halogens is 2. The van der Waals surface area contributed by atoms with E-state index in [1.54, 1.807) is 6.07 Å². The molecule has 2 heterocycles. The van der Waals surface area contributed by atoms with Gasteiger partial charge in [-0.2, -0.15) is 0 Å². The lowest BCUT2D eigenvalue weighted by molar-refractivity contribution is -0.148. The first-order valence-corrected chi connectivity index (χ1v) is 11.9. The summed E-state index contributed by atoms with van der Waals surface area (Å²) in [6, 6.07) is 20.5. The van der Waals surface area contributed by atoms with Crippen molar-refractivity contribution in [1.82, 2.24) is 5.32 Å². The highest BCUT2D eigenvalue weighted by Gasteiger charge is 2.68. The van der Waals surface area contributed by atoms with Crippen molar-refractivity contribution in [3.05, 3.63) is 99.5 Å². The molecule has 3 aromatic carbocycles. The third-order valence-corrected chi connectivity index (χ3v) is 7.49. The Morgan fingerprint density at radius 1 is 1.00 bits per heavy atom. The third-order valence-electron chi connectivity index (χ3n) is 6.95. The van der Waals surface area contributed by atoms with Gasteiger partial charge in [0, 0.05) is 17.5 Å². The van der Waals surface area contributed by atoms with Gasteiger partial charge in [0.2, 0.25) is 11.8 Å². The number of carbonyl (C=O) groups excluding carboxylic acids is 2. The molecule has 178 valence electrons. The number of rotatable bonds is 5. The van der Waals surface area contributed by atoms with Gasteiger partial charge in [-0.15, -0.1) is 0 Å². The fraction of sp³-hybridized carbons (Fsp3) is 0.222. The van der Waals surface area contributed by atoms with Crippen molar-refractivity contribution in [1.29, 1.82) is 0 Å². The number of nitrogens with zero attached hydrogens (tertiary/aromatic N) is 1. The number of nitrogens with one attached hydrogen (secondary N) is 1. The van der Waals surface area contributed by atoms with Gasteiger partial charge in [0.1, 0.15) is 5.54 Å². The first-order valence-electron chi connectivity index (χ1n) is 11.2. The first kappa shape index (κ1) is 23.5. The van der Waals surface area contributed by atoms with Gasteiger partial charge >= 0.3 is 5.97 Å². The predicted molar refractivity (Wildman–Crippen MR) is 134 cm³/mol. The zero-order chi connectivity index (χ0) is 24.9. The molecule has 2 amide bonds. The number of fused-ring (bicyclic) bond motifs is 1. The minimum Gasteiger partial charge on any atom is -0.480 e. The molecule has 0 unspecified atom stereocenters. The first-order chi connectivity index (χ1) is 16.7. The van der Waals surface area contributed by atoms with Crippen LogP contribution in [0.1, 0.15) is 22.7 Å². The van der Waals surface area contributed by atoms with Crippen molar-refractivity contribution in [2.45, 2.75) is 24.9 Å². The molecular formula is C27H22Cl2N2O4. The Morgan fingerprint density at radius 3 is 2.31 bits per heavy atom. The Morgan fingerprint density at radius 2 is 1.69 bits per heavy atom. The van der Waals surface area contributed by atoms with Crippen LogP contribution < -0.4 is 10.2 Å². The number of imide groups is 1. The van der Waals surface area contributed by atoms with Crippen molar-refractivity contribution in [3.63, 3.8) is 0 Å². The second kappa shape index (κ2) is 8.79. The van der Waals surface area contributed by atoms with Crippen molar-refractivity contribution in [2.24, 2.45) is 11.8 Å². The van der Waals surface area contributed by atoms with Crippen LogP contribution >= 0.6 is 23.2 Å². The maximum atomic E-state index is 13.9. The summed E-state index contributed by atoms with van der Waals surface area (Å²) >= 11 is 12.4. The Kier molecular flexibility index (Phi) is 5.91. The summed E-state index contributed by atoms with van der Waals surface area (Å²) in [5.41, 5.74) is 1.02. The molecule has 4 atom stereocenters. The van der Waals surface area contributed by atoms with Gasteiger partial charge in [0.15, 0.2) is 0 Å². The largest absolute Gasteiger partial charge is 0.480 e. The van der Waals surface area contributed by atoms with E-state index in [-0.39, 0.29) is 17.1 Å². The van der Waals surface area contributed by atoms with Crippen LogP contribution in [0.5, 0.6) is 0 Å². The van der Waals surface area contributed by atoms with Gasteiger partial charge < -0.3 is 5.11 Å². The lowest BCUT2D eigenvalue weighted by atomic mass is 9.76.